The third-order valence-corrected chi connectivity index (χ3v) is 1.86. The van der Waals surface area contributed by atoms with Crippen LogP contribution in [0.4, 0.5) is 5.69 Å². The molecule has 0 saturated heterocycles. The first-order chi connectivity index (χ1) is 6.22. The van der Waals surface area contributed by atoms with Gasteiger partial charge < -0.3 is 4.90 Å². The van der Waals surface area contributed by atoms with E-state index in [-0.39, 0.29) is 0 Å². The third-order valence-electron chi connectivity index (χ3n) is 1.86. The molecule has 0 aromatic heterocycles. The molecule has 0 amide bonds. The molecule has 70 valence electrons. The summed E-state index contributed by atoms with van der Waals surface area (Å²) in [4.78, 5) is 12.3. The van der Waals surface area contributed by atoms with E-state index in [1.165, 1.54) is 0 Å². The summed E-state index contributed by atoms with van der Waals surface area (Å²) in [5.41, 5.74) is 1.67. The Morgan fingerprint density at radius 1 is 1.38 bits per heavy atom. The summed E-state index contributed by atoms with van der Waals surface area (Å²) in [6.45, 7) is 0.988. The van der Waals surface area contributed by atoms with Gasteiger partial charge in [-0.05, 0) is 43.4 Å². The Bertz CT molecular complexity index is 284. The first-order valence-electron chi connectivity index (χ1n) is 4.29. The molecule has 0 unspecified atom stereocenters. The van der Waals surface area contributed by atoms with E-state index >= 15 is 0 Å². The summed E-state index contributed by atoms with van der Waals surface area (Å²) in [6, 6.07) is 7.42. The fraction of sp³-hybridized carbons (Fsp3) is 0.400. The molecular weight excluding hydrogens is 164 g/mol. The molecule has 0 heterocycles. The van der Waals surface area contributed by atoms with Crippen molar-refractivity contribution in [1.29, 1.82) is 0 Å². The van der Waals surface area contributed by atoms with Crippen molar-refractivity contribution in [1.82, 2.24) is 4.90 Å². The number of benzene rings is 1. The van der Waals surface area contributed by atoms with Crippen molar-refractivity contribution < 1.29 is 0 Å². The standard InChI is InChI=1S/C10H14N2O/c1-12(2)7-6-9-4-3-5-10(8-9)11-13/h3-5,8H,6-7H2,1-2H3. The quantitative estimate of drug-likeness (QED) is 0.662. The Balaban J connectivity index is 2.61. The maximum atomic E-state index is 10.2. The van der Waals surface area contributed by atoms with Crippen LogP contribution in [0.5, 0.6) is 0 Å². The minimum absolute atomic E-state index is 0.510. The Morgan fingerprint density at radius 2 is 2.15 bits per heavy atom. The highest BCUT2D eigenvalue weighted by atomic mass is 16.3. The van der Waals surface area contributed by atoms with E-state index in [4.69, 9.17) is 0 Å². The van der Waals surface area contributed by atoms with Gasteiger partial charge in [-0.1, -0.05) is 12.1 Å². The zero-order valence-corrected chi connectivity index (χ0v) is 8.03. The van der Waals surface area contributed by atoms with E-state index in [9.17, 15) is 4.91 Å². The molecule has 0 saturated carbocycles. The molecule has 0 radical (unpaired) electrons. The third kappa shape index (κ3) is 3.34. The van der Waals surface area contributed by atoms with Crippen LogP contribution in [0.1, 0.15) is 5.56 Å². The van der Waals surface area contributed by atoms with Crippen molar-refractivity contribution in [2.75, 3.05) is 20.6 Å². The van der Waals surface area contributed by atoms with Crippen LogP contribution in [0.15, 0.2) is 29.4 Å². The molecule has 0 bridgehead atoms. The lowest BCUT2D eigenvalue weighted by Gasteiger charge is -2.08. The first-order valence-corrected chi connectivity index (χ1v) is 4.29. The fourth-order valence-corrected chi connectivity index (χ4v) is 1.12. The Hall–Kier alpha value is -1.22. The molecule has 1 aromatic carbocycles. The normalized spacial score (nSPS) is 10.4. The zero-order chi connectivity index (χ0) is 9.68. The van der Waals surface area contributed by atoms with Crippen molar-refractivity contribution in [2.24, 2.45) is 5.18 Å². The molecule has 0 aliphatic heterocycles. The summed E-state index contributed by atoms with van der Waals surface area (Å²) >= 11 is 0. The van der Waals surface area contributed by atoms with Crippen LogP contribution in [0.25, 0.3) is 0 Å². The monoisotopic (exact) mass is 178 g/mol. The molecule has 1 rings (SSSR count). The second kappa shape index (κ2) is 4.72. The second-order valence-electron chi connectivity index (χ2n) is 3.31. The Morgan fingerprint density at radius 3 is 2.77 bits per heavy atom. The highest BCUT2D eigenvalue weighted by Gasteiger charge is 1.96. The average molecular weight is 178 g/mol. The molecule has 3 nitrogen and oxygen atoms in total. The van der Waals surface area contributed by atoms with E-state index < -0.39 is 0 Å². The molecule has 0 fully saturated rings. The minimum Gasteiger partial charge on any atom is -0.309 e. The molecule has 0 N–H and O–H groups in total. The van der Waals surface area contributed by atoms with Gasteiger partial charge in [-0.3, -0.25) is 0 Å². The van der Waals surface area contributed by atoms with Crippen molar-refractivity contribution >= 4 is 5.69 Å². The van der Waals surface area contributed by atoms with Crippen LogP contribution < -0.4 is 0 Å². The maximum absolute atomic E-state index is 10.2. The predicted octanol–water partition coefficient (Wildman–Crippen LogP) is 2.19. The van der Waals surface area contributed by atoms with Gasteiger partial charge in [0.05, 0.1) is 0 Å². The lowest BCUT2D eigenvalue weighted by molar-refractivity contribution is 0.413. The molecule has 1 aromatic rings. The lowest BCUT2D eigenvalue weighted by atomic mass is 10.1. The van der Waals surface area contributed by atoms with Crippen LogP contribution in [0.3, 0.4) is 0 Å². The number of rotatable bonds is 4. The van der Waals surface area contributed by atoms with E-state index in [0.717, 1.165) is 18.5 Å². The summed E-state index contributed by atoms with van der Waals surface area (Å²) in [5.74, 6) is 0. The number of hydrogen-bond acceptors (Lipinski definition) is 3. The van der Waals surface area contributed by atoms with Crippen LogP contribution in [-0.4, -0.2) is 25.5 Å². The van der Waals surface area contributed by atoms with Gasteiger partial charge in [-0.25, -0.2) is 0 Å². The van der Waals surface area contributed by atoms with E-state index in [2.05, 4.69) is 10.1 Å². The van der Waals surface area contributed by atoms with E-state index in [1.807, 2.05) is 32.3 Å². The Kier molecular flexibility index (Phi) is 3.58. The average Bonchev–Trinajstić information content (AvgIpc) is 2.15. The van der Waals surface area contributed by atoms with Crippen molar-refractivity contribution in [3.63, 3.8) is 0 Å². The number of nitrogens with zero attached hydrogens (tertiary/aromatic N) is 2. The van der Waals surface area contributed by atoms with Crippen molar-refractivity contribution in [3.05, 3.63) is 34.7 Å². The van der Waals surface area contributed by atoms with Crippen LogP contribution in [0, 0.1) is 4.91 Å². The summed E-state index contributed by atoms with van der Waals surface area (Å²) in [6.07, 6.45) is 0.955. The Labute approximate surface area is 78.3 Å². The SMILES string of the molecule is CN(C)CCc1cccc(N=O)c1. The second-order valence-corrected chi connectivity index (χ2v) is 3.31. The molecule has 0 aliphatic carbocycles. The highest BCUT2D eigenvalue weighted by molar-refractivity contribution is 5.39. The number of likely N-dealkylation sites (N-methyl/N-ethyl adjacent to an activating group) is 1. The predicted molar refractivity (Wildman–Crippen MR) is 54.2 cm³/mol. The largest absolute Gasteiger partial charge is 0.309 e. The fourth-order valence-electron chi connectivity index (χ4n) is 1.12. The van der Waals surface area contributed by atoms with Gasteiger partial charge in [0.15, 0.2) is 0 Å². The number of hydrogen-bond donors (Lipinski definition) is 0. The van der Waals surface area contributed by atoms with Crippen LogP contribution >= 0.6 is 0 Å². The topological polar surface area (TPSA) is 32.7 Å². The molecule has 13 heavy (non-hydrogen) atoms. The van der Waals surface area contributed by atoms with E-state index in [0.29, 0.717) is 5.69 Å². The summed E-state index contributed by atoms with van der Waals surface area (Å²) in [5, 5.41) is 2.89. The van der Waals surface area contributed by atoms with Crippen LogP contribution in [-0.2, 0) is 6.42 Å². The highest BCUT2D eigenvalue weighted by Crippen LogP contribution is 2.13. The van der Waals surface area contributed by atoms with Gasteiger partial charge in [0.25, 0.3) is 0 Å². The van der Waals surface area contributed by atoms with E-state index in [1.54, 1.807) is 6.07 Å². The van der Waals surface area contributed by atoms with Gasteiger partial charge in [0, 0.05) is 6.54 Å². The van der Waals surface area contributed by atoms with Gasteiger partial charge in [-0.15, -0.1) is 4.91 Å². The first kappa shape index (κ1) is 9.86. The van der Waals surface area contributed by atoms with Gasteiger partial charge >= 0.3 is 0 Å². The molecular formula is C10H14N2O. The molecule has 3 heteroatoms. The van der Waals surface area contributed by atoms with Gasteiger partial charge in [0.1, 0.15) is 5.69 Å². The maximum Gasteiger partial charge on any atom is 0.108 e. The van der Waals surface area contributed by atoms with Crippen molar-refractivity contribution in [3.8, 4) is 0 Å². The van der Waals surface area contributed by atoms with Gasteiger partial charge in [0.2, 0.25) is 0 Å². The number of nitroso groups, excluding NO2 is 1. The zero-order valence-electron chi connectivity index (χ0n) is 8.03. The molecule has 0 spiro atoms. The summed E-state index contributed by atoms with van der Waals surface area (Å²) in [7, 11) is 4.06. The summed E-state index contributed by atoms with van der Waals surface area (Å²) < 4.78 is 0. The molecule has 0 atom stereocenters. The smallest absolute Gasteiger partial charge is 0.108 e. The minimum atomic E-state index is 0.510. The van der Waals surface area contributed by atoms with Gasteiger partial charge in [-0.2, -0.15) is 0 Å². The molecule has 0 aliphatic rings. The van der Waals surface area contributed by atoms with Crippen LogP contribution in [0.2, 0.25) is 0 Å². The van der Waals surface area contributed by atoms with Crippen molar-refractivity contribution in [2.45, 2.75) is 6.42 Å². The lowest BCUT2D eigenvalue weighted by Crippen LogP contribution is -2.14.